The van der Waals surface area contributed by atoms with Gasteiger partial charge in [0.2, 0.25) is 0 Å². The number of esters is 1. The topological polar surface area (TPSA) is 127 Å². The summed E-state index contributed by atoms with van der Waals surface area (Å²) in [4.78, 5) is 12.1. The SMILES string of the molecule is CC12CCC(COS(=O)(=O)CCCS(=O)(=O)[O-])(OC1=O)C2(C)C.[Na+]. The number of fused-ring (bicyclic) bond motifs is 2. The van der Waals surface area contributed by atoms with Crippen molar-refractivity contribution in [2.75, 3.05) is 18.1 Å². The maximum Gasteiger partial charge on any atom is 1.00 e. The summed E-state index contributed by atoms with van der Waals surface area (Å²) in [7, 11) is -8.46. The van der Waals surface area contributed by atoms with E-state index in [0.717, 1.165) is 0 Å². The predicted molar refractivity (Wildman–Crippen MR) is 78.9 cm³/mol. The molecule has 11 heteroatoms. The number of carbonyl (C=O) groups excluding carboxylic acids is 1. The molecule has 8 nitrogen and oxygen atoms in total. The quantitative estimate of drug-likeness (QED) is 0.200. The van der Waals surface area contributed by atoms with Gasteiger partial charge in [-0.25, -0.2) is 8.42 Å². The molecule has 1 heterocycles. The van der Waals surface area contributed by atoms with Crippen LogP contribution in [-0.4, -0.2) is 51.1 Å². The molecule has 0 aromatic carbocycles. The van der Waals surface area contributed by atoms with Gasteiger partial charge in [-0.2, -0.15) is 8.42 Å². The molecule has 0 radical (unpaired) electrons. The van der Waals surface area contributed by atoms with Gasteiger partial charge in [0.25, 0.3) is 10.1 Å². The second-order valence-corrected chi connectivity index (χ2v) is 10.3. The fraction of sp³-hybridized carbons (Fsp3) is 0.923. The Morgan fingerprint density at radius 3 is 2.12 bits per heavy atom. The molecule has 1 aliphatic carbocycles. The number of carbonyl (C=O) groups is 1. The molecule has 1 saturated carbocycles. The number of hydrogen-bond acceptors (Lipinski definition) is 8. The Bertz CT molecular complexity index is 714. The van der Waals surface area contributed by atoms with E-state index in [1.807, 2.05) is 13.8 Å². The van der Waals surface area contributed by atoms with Gasteiger partial charge in [-0.3, -0.25) is 8.98 Å². The Kier molecular flexibility index (Phi) is 6.32. The van der Waals surface area contributed by atoms with Crippen LogP contribution >= 0.6 is 0 Å². The molecular formula is C13H21NaO8S2. The molecule has 2 bridgehead atoms. The molecule has 1 saturated heterocycles. The number of ether oxygens (including phenoxy) is 1. The monoisotopic (exact) mass is 392 g/mol. The van der Waals surface area contributed by atoms with Gasteiger partial charge in [-0.15, -0.1) is 0 Å². The Morgan fingerprint density at radius 2 is 1.71 bits per heavy atom. The third-order valence-corrected chi connectivity index (χ3v) is 7.60. The van der Waals surface area contributed by atoms with Crippen molar-refractivity contribution in [3.63, 3.8) is 0 Å². The first kappa shape index (κ1) is 22.3. The summed E-state index contributed by atoms with van der Waals surface area (Å²) in [5, 5.41) is 0. The van der Waals surface area contributed by atoms with Crippen LogP contribution in [0.3, 0.4) is 0 Å². The van der Waals surface area contributed by atoms with Gasteiger partial charge in [0.1, 0.15) is 12.2 Å². The van der Waals surface area contributed by atoms with Gasteiger partial charge < -0.3 is 9.29 Å². The Balaban J connectivity index is 0.00000288. The molecule has 0 aromatic rings. The van der Waals surface area contributed by atoms with Crippen LogP contribution in [-0.2, 0) is 34.0 Å². The fourth-order valence-corrected chi connectivity index (χ4v) is 5.01. The summed E-state index contributed by atoms with van der Waals surface area (Å²) in [6.45, 7) is 5.21. The summed E-state index contributed by atoms with van der Waals surface area (Å²) in [6.07, 6.45) is 0.769. The minimum absolute atomic E-state index is 0. The third-order valence-electron chi connectivity index (χ3n) is 5.55. The molecule has 1 aliphatic heterocycles. The first-order valence-corrected chi connectivity index (χ1v) is 10.4. The molecule has 0 amide bonds. The second kappa shape index (κ2) is 6.79. The number of rotatable bonds is 7. The van der Waals surface area contributed by atoms with Crippen LogP contribution in [0.25, 0.3) is 0 Å². The van der Waals surface area contributed by atoms with Gasteiger partial charge in [0.15, 0.2) is 0 Å². The maximum atomic E-state index is 12.1. The summed E-state index contributed by atoms with van der Waals surface area (Å²) in [5.41, 5.74) is -2.25. The van der Waals surface area contributed by atoms with Crippen molar-refractivity contribution < 1.29 is 64.7 Å². The summed E-state index contributed by atoms with van der Waals surface area (Å²) in [6, 6.07) is 0. The molecule has 0 N–H and O–H groups in total. The van der Waals surface area contributed by atoms with E-state index in [9.17, 15) is 26.2 Å². The van der Waals surface area contributed by atoms with Crippen LogP contribution in [0.15, 0.2) is 0 Å². The van der Waals surface area contributed by atoms with Crippen LogP contribution in [0, 0.1) is 10.8 Å². The number of hydrogen-bond donors (Lipinski definition) is 0. The zero-order chi connectivity index (χ0) is 17.7. The molecule has 2 atom stereocenters. The van der Waals surface area contributed by atoms with E-state index < -0.39 is 48.2 Å². The van der Waals surface area contributed by atoms with Gasteiger partial charge in [0, 0.05) is 11.2 Å². The molecule has 2 rings (SSSR count). The smallest absolute Gasteiger partial charge is 0.748 e. The van der Waals surface area contributed by atoms with Crippen molar-refractivity contribution in [3.8, 4) is 0 Å². The van der Waals surface area contributed by atoms with E-state index in [2.05, 4.69) is 0 Å². The average Bonchev–Trinajstić information content (AvgIpc) is 2.65. The van der Waals surface area contributed by atoms with E-state index >= 15 is 0 Å². The molecule has 0 aromatic heterocycles. The minimum Gasteiger partial charge on any atom is -0.748 e. The first-order valence-electron chi connectivity index (χ1n) is 7.29. The average molecular weight is 392 g/mol. The minimum atomic E-state index is -4.46. The largest absolute Gasteiger partial charge is 1.00 e. The summed E-state index contributed by atoms with van der Waals surface area (Å²) >= 11 is 0. The van der Waals surface area contributed by atoms with Gasteiger partial charge in [0.05, 0.1) is 21.3 Å². The molecule has 134 valence electrons. The van der Waals surface area contributed by atoms with E-state index in [1.54, 1.807) is 6.92 Å². The van der Waals surface area contributed by atoms with Gasteiger partial charge in [-0.05, 0) is 26.2 Å². The molecule has 2 fully saturated rings. The van der Waals surface area contributed by atoms with Crippen LogP contribution in [0.1, 0.15) is 40.0 Å². The second-order valence-electron chi connectivity index (χ2n) is 6.98. The van der Waals surface area contributed by atoms with Crippen molar-refractivity contribution in [1.29, 1.82) is 0 Å². The standard InChI is InChI=1S/C13H22O8S2.Na/c1-11(2)12(3)5-6-13(11,21-10(12)14)9-20-23(18,19)8-4-7-22(15,16)17;/h4-9H2,1-3H3,(H,15,16,17);/q;+1/p-1. The van der Waals surface area contributed by atoms with E-state index in [-0.39, 0.29) is 48.6 Å². The van der Waals surface area contributed by atoms with Crippen molar-refractivity contribution >= 4 is 26.2 Å². The van der Waals surface area contributed by atoms with Crippen molar-refractivity contribution in [3.05, 3.63) is 0 Å². The van der Waals surface area contributed by atoms with Crippen LogP contribution in [0.2, 0.25) is 0 Å². The predicted octanol–water partition coefficient (Wildman–Crippen LogP) is -2.61. The third kappa shape index (κ3) is 3.84. The van der Waals surface area contributed by atoms with Crippen LogP contribution in [0.5, 0.6) is 0 Å². The van der Waals surface area contributed by atoms with Gasteiger partial charge in [-0.1, -0.05) is 13.8 Å². The molecule has 2 aliphatic rings. The maximum absolute atomic E-state index is 12.1. The first-order chi connectivity index (χ1) is 10.2. The zero-order valence-corrected chi connectivity index (χ0v) is 18.0. The molecular weight excluding hydrogens is 371 g/mol. The van der Waals surface area contributed by atoms with Crippen molar-refractivity contribution in [2.24, 2.45) is 10.8 Å². The Hall–Kier alpha value is 0.290. The summed E-state index contributed by atoms with van der Waals surface area (Å²) in [5.74, 6) is -1.69. The van der Waals surface area contributed by atoms with E-state index in [4.69, 9.17) is 8.92 Å². The molecule has 2 unspecified atom stereocenters. The Morgan fingerprint density at radius 1 is 1.12 bits per heavy atom. The van der Waals surface area contributed by atoms with Crippen LogP contribution < -0.4 is 29.6 Å². The fourth-order valence-electron chi connectivity index (χ4n) is 3.34. The normalized spacial score (nSPS) is 31.6. The summed E-state index contributed by atoms with van der Waals surface area (Å²) < 4.78 is 65.6. The van der Waals surface area contributed by atoms with E-state index in [0.29, 0.717) is 12.8 Å². The van der Waals surface area contributed by atoms with Crippen molar-refractivity contribution in [2.45, 2.75) is 45.6 Å². The van der Waals surface area contributed by atoms with Crippen LogP contribution in [0.4, 0.5) is 0 Å². The van der Waals surface area contributed by atoms with Crippen molar-refractivity contribution in [1.82, 2.24) is 0 Å². The molecule has 24 heavy (non-hydrogen) atoms. The zero-order valence-electron chi connectivity index (χ0n) is 14.3. The van der Waals surface area contributed by atoms with E-state index in [1.165, 1.54) is 0 Å². The Labute approximate surface area is 164 Å². The van der Waals surface area contributed by atoms with Gasteiger partial charge >= 0.3 is 35.5 Å². The molecule has 0 spiro atoms.